The molecule has 68 valence electrons. The Hall–Kier alpha value is -0.770. The zero-order chi connectivity index (χ0) is 8.39. The minimum Gasteiger partial charge on any atom is -0.342 e. The Bertz CT molecular complexity index is 179. The molecular weight excluding hydrogens is 152 g/mol. The number of guanidine groups is 1. The first-order valence-electron chi connectivity index (χ1n) is 4.69. The third-order valence-electron chi connectivity index (χ3n) is 2.39. The van der Waals surface area contributed by atoms with Crippen molar-refractivity contribution in [2.45, 2.75) is 31.7 Å². The average molecular weight is 168 g/mol. The maximum atomic E-state index is 5.41. The Morgan fingerprint density at radius 2 is 2.00 bits per heavy atom. The quantitative estimate of drug-likeness (QED) is 0.252. The Balaban J connectivity index is 1.95. The predicted molar refractivity (Wildman–Crippen MR) is 48.6 cm³/mol. The van der Waals surface area contributed by atoms with E-state index in [4.69, 9.17) is 5.84 Å². The zero-order valence-electron chi connectivity index (χ0n) is 7.29. The van der Waals surface area contributed by atoms with Gasteiger partial charge in [-0.3, -0.25) is 5.43 Å². The molecule has 0 aromatic carbocycles. The monoisotopic (exact) mass is 168 g/mol. The minimum atomic E-state index is 0.552. The maximum Gasteiger partial charge on any atom is 0.208 e. The molecule has 0 spiro atoms. The van der Waals surface area contributed by atoms with Crippen LogP contribution in [0.5, 0.6) is 0 Å². The molecule has 0 unspecified atom stereocenters. The highest BCUT2D eigenvalue weighted by molar-refractivity contribution is 5.79. The van der Waals surface area contributed by atoms with Gasteiger partial charge in [-0.1, -0.05) is 0 Å². The fourth-order valence-electron chi connectivity index (χ4n) is 1.52. The highest BCUT2D eigenvalue weighted by Gasteiger charge is 2.23. The number of nitrogens with two attached hydrogens (primary N) is 1. The molecule has 0 radical (unpaired) electrons. The molecule has 3 N–H and O–H groups in total. The maximum absolute atomic E-state index is 5.41. The van der Waals surface area contributed by atoms with E-state index >= 15 is 0 Å². The molecule has 2 aliphatic rings. The van der Waals surface area contributed by atoms with Crippen molar-refractivity contribution in [3.8, 4) is 0 Å². The van der Waals surface area contributed by atoms with Gasteiger partial charge in [0.15, 0.2) is 0 Å². The molecule has 1 saturated heterocycles. The normalized spacial score (nSPS) is 24.8. The Morgan fingerprint density at radius 1 is 1.33 bits per heavy atom. The summed E-state index contributed by atoms with van der Waals surface area (Å²) in [5.74, 6) is 6.30. The number of rotatable bonds is 1. The SMILES string of the molecule is NNC(=NC1CC1)N1CCCC1. The van der Waals surface area contributed by atoms with Gasteiger partial charge in [-0.2, -0.15) is 0 Å². The van der Waals surface area contributed by atoms with E-state index in [9.17, 15) is 0 Å². The highest BCUT2D eigenvalue weighted by Crippen LogP contribution is 2.24. The molecule has 0 atom stereocenters. The van der Waals surface area contributed by atoms with Gasteiger partial charge >= 0.3 is 0 Å². The lowest BCUT2D eigenvalue weighted by Gasteiger charge is -2.18. The topological polar surface area (TPSA) is 53.6 Å². The van der Waals surface area contributed by atoms with E-state index < -0.39 is 0 Å². The van der Waals surface area contributed by atoms with Crippen LogP contribution in [0.1, 0.15) is 25.7 Å². The number of aliphatic imine (C=N–C) groups is 1. The largest absolute Gasteiger partial charge is 0.342 e. The van der Waals surface area contributed by atoms with Crippen LogP contribution in [0.3, 0.4) is 0 Å². The summed E-state index contributed by atoms with van der Waals surface area (Å²) in [6.07, 6.45) is 5.01. The second kappa shape index (κ2) is 3.31. The van der Waals surface area contributed by atoms with Crippen molar-refractivity contribution in [3.05, 3.63) is 0 Å². The lowest BCUT2D eigenvalue weighted by atomic mass is 10.4. The van der Waals surface area contributed by atoms with E-state index in [0.29, 0.717) is 6.04 Å². The predicted octanol–water partition coefficient (Wildman–Crippen LogP) is 0.0639. The smallest absolute Gasteiger partial charge is 0.208 e. The van der Waals surface area contributed by atoms with Gasteiger partial charge in [-0.25, -0.2) is 10.8 Å². The van der Waals surface area contributed by atoms with Gasteiger partial charge in [0.1, 0.15) is 0 Å². The van der Waals surface area contributed by atoms with Gasteiger partial charge in [0.05, 0.1) is 6.04 Å². The van der Waals surface area contributed by atoms with Gasteiger partial charge < -0.3 is 4.90 Å². The van der Waals surface area contributed by atoms with E-state index in [-0.39, 0.29) is 0 Å². The van der Waals surface area contributed by atoms with Gasteiger partial charge in [-0.15, -0.1) is 0 Å². The fourth-order valence-corrected chi connectivity index (χ4v) is 1.52. The van der Waals surface area contributed by atoms with E-state index in [1.165, 1.54) is 25.7 Å². The Morgan fingerprint density at radius 3 is 2.50 bits per heavy atom. The highest BCUT2D eigenvalue weighted by atomic mass is 15.4. The van der Waals surface area contributed by atoms with Crippen molar-refractivity contribution in [3.63, 3.8) is 0 Å². The molecule has 2 fully saturated rings. The van der Waals surface area contributed by atoms with Gasteiger partial charge in [0.2, 0.25) is 5.96 Å². The summed E-state index contributed by atoms with van der Waals surface area (Å²) >= 11 is 0. The molecule has 0 bridgehead atoms. The van der Waals surface area contributed by atoms with Gasteiger partial charge in [-0.05, 0) is 25.7 Å². The summed E-state index contributed by atoms with van der Waals surface area (Å²) in [5, 5.41) is 0. The third kappa shape index (κ3) is 1.69. The first-order chi connectivity index (χ1) is 5.90. The van der Waals surface area contributed by atoms with Crippen LogP contribution < -0.4 is 11.3 Å². The molecule has 4 heteroatoms. The van der Waals surface area contributed by atoms with Crippen molar-refractivity contribution in [1.29, 1.82) is 0 Å². The third-order valence-corrected chi connectivity index (χ3v) is 2.39. The van der Waals surface area contributed by atoms with E-state index in [1.807, 2.05) is 0 Å². The number of likely N-dealkylation sites (tertiary alicyclic amines) is 1. The molecular formula is C8H16N4. The van der Waals surface area contributed by atoms with Crippen molar-refractivity contribution < 1.29 is 0 Å². The second-order valence-electron chi connectivity index (χ2n) is 3.52. The lowest BCUT2D eigenvalue weighted by molar-refractivity contribution is 0.493. The Kier molecular flexibility index (Phi) is 2.17. The summed E-state index contributed by atoms with van der Waals surface area (Å²) in [4.78, 5) is 6.73. The molecule has 0 amide bonds. The van der Waals surface area contributed by atoms with Crippen molar-refractivity contribution in [1.82, 2.24) is 10.3 Å². The van der Waals surface area contributed by atoms with Crippen LogP contribution in [0, 0.1) is 0 Å². The average Bonchev–Trinajstić information content (AvgIpc) is 2.74. The van der Waals surface area contributed by atoms with Crippen molar-refractivity contribution in [2.24, 2.45) is 10.8 Å². The molecule has 0 aromatic rings. The summed E-state index contributed by atoms with van der Waals surface area (Å²) in [6, 6.07) is 0.552. The lowest BCUT2D eigenvalue weighted by Crippen LogP contribution is -2.43. The van der Waals surface area contributed by atoms with Crippen LogP contribution in [-0.2, 0) is 0 Å². The van der Waals surface area contributed by atoms with Crippen LogP contribution in [0.15, 0.2) is 4.99 Å². The zero-order valence-corrected chi connectivity index (χ0v) is 7.29. The number of hydrazine groups is 1. The number of hydrogen-bond acceptors (Lipinski definition) is 2. The van der Waals surface area contributed by atoms with Crippen molar-refractivity contribution in [2.75, 3.05) is 13.1 Å². The molecule has 1 aliphatic heterocycles. The first kappa shape index (κ1) is 7.86. The summed E-state index contributed by atoms with van der Waals surface area (Å²) < 4.78 is 0. The van der Waals surface area contributed by atoms with Crippen molar-refractivity contribution >= 4 is 5.96 Å². The molecule has 1 heterocycles. The first-order valence-corrected chi connectivity index (χ1v) is 4.69. The minimum absolute atomic E-state index is 0.552. The molecule has 1 saturated carbocycles. The van der Waals surface area contributed by atoms with Crippen LogP contribution in [0.2, 0.25) is 0 Å². The number of nitrogens with zero attached hydrogens (tertiary/aromatic N) is 2. The number of hydrogen-bond donors (Lipinski definition) is 2. The summed E-state index contributed by atoms with van der Waals surface area (Å²) in [5.41, 5.74) is 2.69. The molecule has 2 rings (SSSR count). The standard InChI is InChI=1S/C8H16N4/c9-11-8(10-7-3-4-7)12-5-1-2-6-12/h7H,1-6,9H2,(H,10,11). The van der Waals surface area contributed by atoms with E-state index in [0.717, 1.165) is 19.0 Å². The second-order valence-corrected chi connectivity index (χ2v) is 3.52. The van der Waals surface area contributed by atoms with Gasteiger partial charge in [0.25, 0.3) is 0 Å². The summed E-state index contributed by atoms with van der Waals surface area (Å²) in [6.45, 7) is 2.21. The molecule has 0 aromatic heterocycles. The van der Waals surface area contributed by atoms with Crippen LogP contribution in [0.25, 0.3) is 0 Å². The molecule has 4 nitrogen and oxygen atoms in total. The Labute approximate surface area is 72.8 Å². The van der Waals surface area contributed by atoms with E-state index in [1.54, 1.807) is 0 Å². The van der Waals surface area contributed by atoms with Crippen LogP contribution in [0.4, 0.5) is 0 Å². The fraction of sp³-hybridized carbons (Fsp3) is 0.875. The van der Waals surface area contributed by atoms with Crippen LogP contribution in [-0.4, -0.2) is 30.0 Å². The van der Waals surface area contributed by atoms with E-state index in [2.05, 4.69) is 15.3 Å². The molecule has 1 aliphatic carbocycles. The number of nitrogens with one attached hydrogen (secondary N) is 1. The van der Waals surface area contributed by atoms with Gasteiger partial charge in [0, 0.05) is 13.1 Å². The summed E-state index contributed by atoms with van der Waals surface area (Å²) in [7, 11) is 0. The van der Waals surface area contributed by atoms with Crippen LogP contribution >= 0.6 is 0 Å². The molecule has 12 heavy (non-hydrogen) atoms.